The molecular weight excluding hydrogens is 469 g/mol. The maximum atomic E-state index is 13.1. The van der Waals surface area contributed by atoms with Gasteiger partial charge in [0, 0.05) is 60.6 Å². The number of hydrogen-bond donors (Lipinski definition) is 2. The first-order chi connectivity index (χ1) is 16.9. The van der Waals surface area contributed by atoms with E-state index in [0.717, 1.165) is 86.2 Å². The molecule has 4 nitrogen and oxygen atoms in total. The van der Waals surface area contributed by atoms with Crippen molar-refractivity contribution < 1.29 is 13.2 Å². The number of aryl methyl sites for hydroxylation is 1. The Kier molecular flexibility index (Phi) is 8.78. The molecule has 2 aromatic carbocycles. The topological polar surface area (TPSA) is 40.2 Å². The van der Waals surface area contributed by atoms with E-state index < -0.39 is 11.7 Å². The molecule has 0 atom stereocenters. The van der Waals surface area contributed by atoms with Crippen molar-refractivity contribution in [1.82, 2.24) is 10.3 Å². The van der Waals surface area contributed by atoms with Crippen LogP contribution in [0.3, 0.4) is 0 Å². The van der Waals surface area contributed by atoms with E-state index in [1.807, 2.05) is 6.07 Å². The molecule has 188 valence electrons. The number of alkyl halides is 3. The third-order valence-electron chi connectivity index (χ3n) is 6.34. The normalized spacial score (nSPS) is 14.5. The maximum absolute atomic E-state index is 13.1. The van der Waals surface area contributed by atoms with Crippen LogP contribution in [0.5, 0.6) is 0 Å². The van der Waals surface area contributed by atoms with Crippen LogP contribution in [0.2, 0.25) is 0 Å². The largest absolute Gasteiger partial charge is 0.416 e. The molecule has 1 aliphatic rings. The Labute approximate surface area is 209 Å². The van der Waals surface area contributed by atoms with E-state index >= 15 is 0 Å². The number of fused-ring (bicyclic) bond motifs is 1. The van der Waals surface area contributed by atoms with Gasteiger partial charge in [-0.25, -0.2) is 0 Å². The first kappa shape index (κ1) is 25.6. The van der Waals surface area contributed by atoms with Gasteiger partial charge >= 0.3 is 6.18 Å². The SMILES string of the molecule is Cc1cc(C(F)(F)F)cc2nccc(SCCCCCCNc3ccc(N4CCNCC4)cc3)c12. The highest BCUT2D eigenvalue weighted by Crippen LogP contribution is 2.36. The first-order valence-corrected chi connectivity index (χ1v) is 13.3. The van der Waals surface area contributed by atoms with Crippen molar-refractivity contribution in [2.75, 3.05) is 48.7 Å². The predicted molar refractivity (Wildman–Crippen MR) is 141 cm³/mol. The molecule has 4 rings (SSSR count). The molecule has 1 fully saturated rings. The fraction of sp³-hybridized carbons (Fsp3) is 0.444. The number of unbranched alkanes of at least 4 members (excludes halogenated alkanes) is 3. The second kappa shape index (κ2) is 12.0. The summed E-state index contributed by atoms with van der Waals surface area (Å²) in [6, 6.07) is 13.0. The standard InChI is InChI=1S/C27H33F3N4S/c1-20-18-21(27(28,29)30)19-24-26(20)25(10-12-33-24)35-17-5-3-2-4-11-32-22-6-8-23(9-7-22)34-15-13-31-14-16-34/h6-10,12,18-19,31-32H,2-5,11,13-17H2,1H3. The summed E-state index contributed by atoms with van der Waals surface area (Å²) in [4.78, 5) is 7.60. The van der Waals surface area contributed by atoms with Gasteiger partial charge in [-0.15, -0.1) is 11.8 Å². The summed E-state index contributed by atoms with van der Waals surface area (Å²) in [5, 5.41) is 7.72. The van der Waals surface area contributed by atoms with Crippen LogP contribution in [0.4, 0.5) is 24.5 Å². The van der Waals surface area contributed by atoms with E-state index in [4.69, 9.17) is 0 Å². The minimum atomic E-state index is -4.35. The van der Waals surface area contributed by atoms with Crippen molar-refractivity contribution in [3.8, 4) is 0 Å². The average Bonchev–Trinajstić information content (AvgIpc) is 2.86. The summed E-state index contributed by atoms with van der Waals surface area (Å²) in [5.41, 5.74) is 2.84. The average molecular weight is 503 g/mol. The second-order valence-corrected chi connectivity index (χ2v) is 10.1. The summed E-state index contributed by atoms with van der Waals surface area (Å²) in [6.45, 7) is 6.88. The van der Waals surface area contributed by atoms with Gasteiger partial charge in [0.05, 0.1) is 11.1 Å². The van der Waals surface area contributed by atoms with Crippen LogP contribution in [-0.2, 0) is 6.18 Å². The molecule has 0 aliphatic carbocycles. The van der Waals surface area contributed by atoms with Gasteiger partial charge in [0.2, 0.25) is 0 Å². The smallest absolute Gasteiger partial charge is 0.385 e. The summed E-state index contributed by atoms with van der Waals surface area (Å²) in [5.74, 6) is 0.945. The Morgan fingerprint density at radius 2 is 1.74 bits per heavy atom. The number of halogens is 3. The van der Waals surface area contributed by atoms with Crippen molar-refractivity contribution in [2.45, 2.75) is 43.7 Å². The Bertz CT molecular complexity index is 1100. The van der Waals surface area contributed by atoms with Gasteiger partial charge in [-0.3, -0.25) is 4.98 Å². The third kappa shape index (κ3) is 7.04. The van der Waals surface area contributed by atoms with E-state index in [-0.39, 0.29) is 0 Å². The van der Waals surface area contributed by atoms with Crippen LogP contribution < -0.4 is 15.5 Å². The molecule has 3 aromatic rings. The Morgan fingerprint density at radius 1 is 1.00 bits per heavy atom. The molecule has 0 amide bonds. The van der Waals surface area contributed by atoms with E-state index in [2.05, 4.69) is 44.8 Å². The first-order valence-electron chi connectivity index (χ1n) is 12.3. The van der Waals surface area contributed by atoms with Gasteiger partial charge in [0.15, 0.2) is 0 Å². The van der Waals surface area contributed by atoms with E-state index in [1.54, 1.807) is 24.9 Å². The van der Waals surface area contributed by atoms with Crippen molar-refractivity contribution in [3.63, 3.8) is 0 Å². The zero-order chi connectivity index (χ0) is 24.7. The fourth-order valence-corrected chi connectivity index (χ4v) is 5.59. The Morgan fingerprint density at radius 3 is 2.49 bits per heavy atom. The lowest BCUT2D eigenvalue weighted by Gasteiger charge is -2.29. The molecule has 1 saturated heterocycles. The quantitative estimate of drug-likeness (QED) is 0.237. The molecule has 8 heteroatoms. The molecular formula is C27H33F3N4S. The number of piperazine rings is 1. The minimum absolute atomic E-state index is 0.411. The van der Waals surface area contributed by atoms with Crippen molar-refractivity contribution >= 4 is 34.0 Å². The van der Waals surface area contributed by atoms with Crippen LogP contribution >= 0.6 is 11.8 Å². The molecule has 0 unspecified atom stereocenters. The highest BCUT2D eigenvalue weighted by molar-refractivity contribution is 7.99. The van der Waals surface area contributed by atoms with E-state index in [0.29, 0.717) is 11.1 Å². The molecule has 35 heavy (non-hydrogen) atoms. The second-order valence-electron chi connectivity index (χ2n) is 8.97. The van der Waals surface area contributed by atoms with Crippen LogP contribution in [0.25, 0.3) is 10.9 Å². The third-order valence-corrected chi connectivity index (χ3v) is 7.48. The number of aromatic nitrogens is 1. The number of nitrogens with one attached hydrogen (secondary N) is 2. The highest BCUT2D eigenvalue weighted by Gasteiger charge is 2.31. The molecule has 2 N–H and O–H groups in total. The predicted octanol–water partition coefficient (Wildman–Crippen LogP) is 6.74. The monoisotopic (exact) mass is 502 g/mol. The van der Waals surface area contributed by atoms with Crippen LogP contribution in [0.1, 0.15) is 36.8 Å². The lowest BCUT2D eigenvalue weighted by molar-refractivity contribution is -0.137. The van der Waals surface area contributed by atoms with Crippen molar-refractivity contribution in [3.05, 3.63) is 59.8 Å². The lowest BCUT2D eigenvalue weighted by Crippen LogP contribution is -2.43. The summed E-state index contributed by atoms with van der Waals surface area (Å²) < 4.78 is 39.3. The molecule has 0 saturated carbocycles. The molecule has 1 aliphatic heterocycles. The molecule has 1 aromatic heterocycles. The highest BCUT2D eigenvalue weighted by atomic mass is 32.2. The number of pyridine rings is 1. The maximum Gasteiger partial charge on any atom is 0.416 e. The van der Waals surface area contributed by atoms with Gasteiger partial charge < -0.3 is 15.5 Å². The van der Waals surface area contributed by atoms with Crippen LogP contribution in [0, 0.1) is 6.92 Å². The number of hydrogen-bond acceptors (Lipinski definition) is 5. The lowest BCUT2D eigenvalue weighted by atomic mass is 10.1. The van der Waals surface area contributed by atoms with Gasteiger partial charge in [-0.1, -0.05) is 12.8 Å². The van der Waals surface area contributed by atoms with Gasteiger partial charge in [-0.2, -0.15) is 13.2 Å². The zero-order valence-corrected chi connectivity index (χ0v) is 20.9. The molecule has 0 spiro atoms. The summed E-state index contributed by atoms with van der Waals surface area (Å²) in [6.07, 6.45) is 1.73. The summed E-state index contributed by atoms with van der Waals surface area (Å²) in [7, 11) is 0. The molecule has 2 heterocycles. The van der Waals surface area contributed by atoms with Gasteiger partial charge in [-0.05, 0) is 73.5 Å². The number of anilines is 2. The number of rotatable bonds is 10. The van der Waals surface area contributed by atoms with Gasteiger partial charge in [0.1, 0.15) is 0 Å². The number of nitrogens with zero attached hydrogens (tertiary/aromatic N) is 2. The Balaban J connectivity index is 1.16. The van der Waals surface area contributed by atoms with Crippen molar-refractivity contribution in [2.24, 2.45) is 0 Å². The molecule has 0 radical (unpaired) electrons. The number of thioether (sulfide) groups is 1. The number of benzene rings is 2. The van der Waals surface area contributed by atoms with Crippen LogP contribution in [0.15, 0.2) is 53.6 Å². The van der Waals surface area contributed by atoms with Gasteiger partial charge in [0.25, 0.3) is 0 Å². The van der Waals surface area contributed by atoms with Crippen LogP contribution in [-0.4, -0.2) is 43.5 Å². The minimum Gasteiger partial charge on any atom is -0.385 e. The Hall–Kier alpha value is -2.45. The van der Waals surface area contributed by atoms with E-state index in [9.17, 15) is 13.2 Å². The zero-order valence-electron chi connectivity index (χ0n) is 20.1. The summed E-state index contributed by atoms with van der Waals surface area (Å²) >= 11 is 1.71. The van der Waals surface area contributed by atoms with Crippen molar-refractivity contribution in [1.29, 1.82) is 0 Å². The molecule has 0 bridgehead atoms. The fourth-order valence-electron chi connectivity index (χ4n) is 4.45. The van der Waals surface area contributed by atoms with E-state index in [1.165, 1.54) is 11.8 Å².